The lowest BCUT2D eigenvalue weighted by molar-refractivity contribution is 0.488. The molecule has 0 radical (unpaired) electrons. The molecule has 1 aromatic carbocycles. The molecule has 0 amide bonds. The molecule has 3 nitrogen and oxygen atoms in total. The van der Waals surface area contributed by atoms with E-state index in [1.54, 1.807) is 31.2 Å². The predicted molar refractivity (Wildman–Crippen MR) is 67.0 cm³/mol. The number of H-pyrrole nitrogens is 1. The van der Waals surface area contributed by atoms with Crippen LogP contribution < -0.4 is 5.63 Å². The monoisotopic (exact) mass is 243 g/mol. The highest BCUT2D eigenvalue weighted by molar-refractivity contribution is 5.84. The van der Waals surface area contributed by atoms with Gasteiger partial charge in [-0.3, -0.25) is 0 Å². The molecule has 0 saturated carbocycles. The number of halogens is 1. The van der Waals surface area contributed by atoms with Crippen molar-refractivity contribution in [2.45, 2.75) is 6.92 Å². The third-order valence-electron chi connectivity index (χ3n) is 2.82. The topological polar surface area (TPSA) is 46.0 Å². The molecule has 3 aromatic rings. The van der Waals surface area contributed by atoms with Crippen LogP contribution >= 0.6 is 0 Å². The van der Waals surface area contributed by atoms with Gasteiger partial charge in [-0.1, -0.05) is 0 Å². The first-order chi connectivity index (χ1) is 8.63. The van der Waals surface area contributed by atoms with E-state index in [0.29, 0.717) is 11.1 Å². The molecule has 0 unspecified atom stereocenters. The number of aromatic nitrogens is 1. The predicted octanol–water partition coefficient (Wildman–Crippen LogP) is 3.24. The molecular formula is C14H10FNO2. The Morgan fingerprint density at radius 3 is 2.61 bits per heavy atom. The fourth-order valence-electron chi connectivity index (χ4n) is 1.97. The number of fused-ring (bicyclic) bond motifs is 1. The van der Waals surface area contributed by atoms with Crippen molar-refractivity contribution in [3.63, 3.8) is 0 Å². The van der Waals surface area contributed by atoms with Gasteiger partial charge >= 0.3 is 5.63 Å². The Kier molecular flexibility index (Phi) is 2.30. The number of hydrogen-bond donors (Lipinski definition) is 1. The van der Waals surface area contributed by atoms with E-state index in [1.165, 1.54) is 12.1 Å². The van der Waals surface area contributed by atoms with Gasteiger partial charge in [0.1, 0.15) is 11.6 Å². The first kappa shape index (κ1) is 10.8. The second kappa shape index (κ2) is 3.84. The minimum atomic E-state index is -0.366. The molecule has 2 heterocycles. The third kappa shape index (κ3) is 1.72. The van der Waals surface area contributed by atoms with Crippen molar-refractivity contribution in [2.75, 3.05) is 0 Å². The Hall–Kier alpha value is -2.36. The number of rotatable bonds is 1. The summed E-state index contributed by atoms with van der Waals surface area (Å²) >= 11 is 0. The number of benzene rings is 1. The average molecular weight is 243 g/mol. The number of hydrogen-bond acceptors (Lipinski definition) is 2. The SMILES string of the molecule is Cc1cc2[nH]c(-c3ccc(F)cc3)cc2c(=O)o1. The Morgan fingerprint density at radius 2 is 1.89 bits per heavy atom. The van der Waals surface area contributed by atoms with E-state index in [-0.39, 0.29) is 11.4 Å². The summed E-state index contributed by atoms with van der Waals surface area (Å²) in [5.74, 6) is 0.269. The van der Waals surface area contributed by atoms with Crippen molar-refractivity contribution in [3.8, 4) is 11.3 Å². The second-order valence-corrected chi connectivity index (χ2v) is 4.16. The normalized spacial score (nSPS) is 11.0. The van der Waals surface area contributed by atoms with E-state index < -0.39 is 0 Å². The van der Waals surface area contributed by atoms with Gasteiger partial charge in [-0.25, -0.2) is 9.18 Å². The largest absolute Gasteiger partial charge is 0.428 e. The summed E-state index contributed by atoms with van der Waals surface area (Å²) < 4.78 is 17.9. The summed E-state index contributed by atoms with van der Waals surface area (Å²) in [5, 5.41) is 0.500. The molecule has 90 valence electrons. The van der Waals surface area contributed by atoms with E-state index >= 15 is 0 Å². The highest BCUT2D eigenvalue weighted by Crippen LogP contribution is 2.22. The molecular weight excluding hydrogens is 233 g/mol. The molecule has 0 aliphatic rings. The number of aryl methyl sites for hydroxylation is 1. The van der Waals surface area contributed by atoms with Crippen LogP contribution in [-0.2, 0) is 0 Å². The lowest BCUT2D eigenvalue weighted by atomic mass is 10.1. The molecule has 18 heavy (non-hydrogen) atoms. The molecule has 0 fully saturated rings. The Labute approximate surface area is 102 Å². The molecule has 0 saturated heterocycles. The smallest absolute Gasteiger partial charge is 0.345 e. The van der Waals surface area contributed by atoms with Gasteiger partial charge in [-0.15, -0.1) is 0 Å². The van der Waals surface area contributed by atoms with Gasteiger partial charge in [0, 0.05) is 11.8 Å². The van der Waals surface area contributed by atoms with Gasteiger partial charge in [-0.2, -0.15) is 0 Å². The van der Waals surface area contributed by atoms with E-state index in [0.717, 1.165) is 16.8 Å². The standard InChI is InChI=1S/C14H10FNO2/c1-8-6-13-11(14(17)18-8)7-12(16-13)9-2-4-10(15)5-3-9/h2-7,16H,1H3. The summed E-state index contributed by atoms with van der Waals surface area (Å²) in [6.07, 6.45) is 0. The Morgan fingerprint density at radius 1 is 1.17 bits per heavy atom. The van der Waals surface area contributed by atoms with Gasteiger partial charge in [0.25, 0.3) is 0 Å². The zero-order chi connectivity index (χ0) is 12.7. The van der Waals surface area contributed by atoms with Gasteiger partial charge < -0.3 is 9.40 Å². The summed E-state index contributed by atoms with van der Waals surface area (Å²) in [5.41, 5.74) is 1.95. The van der Waals surface area contributed by atoms with E-state index in [2.05, 4.69) is 4.98 Å². The summed E-state index contributed by atoms with van der Waals surface area (Å²) in [6, 6.07) is 9.57. The molecule has 0 aliphatic carbocycles. The molecule has 1 N–H and O–H groups in total. The van der Waals surface area contributed by atoms with Crippen molar-refractivity contribution in [1.82, 2.24) is 4.98 Å². The van der Waals surface area contributed by atoms with Gasteiger partial charge in [0.2, 0.25) is 0 Å². The van der Waals surface area contributed by atoms with Gasteiger partial charge in [0.05, 0.1) is 10.9 Å². The van der Waals surface area contributed by atoms with E-state index in [1.807, 2.05) is 0 Å². The van der Waals surface area contributed by atoms with Crippen LogP contribution in [-0.4, -0.2) is 4.98 Å². The summed E-state index contributed by atoms with van der Waals surface area (Å²) in [4.78, 5) is 14.8. The first-order valence-corrected chi connectivity index (χ1v) is 5.53. The summed E-state index contributed by atoms with van der Waals surface area (Å²) in [6.45, 7) is 1.72. The highest BCUT2D eigenvalue weighted by atomic mass is 19.1. The van der Waals surface area contributed by atoms with E-state index in [4.69, 9.17) is 4.42 Å². The van der Waals surface area contributed by atoms with Crippen molar-refractivity contribution in [2.24, 2.45) is 0 Å². The number of nitrogens with one attached hydrogen (secondary N) is 1. The average Bonchev–Trinajstić information content (AvgIpc) is 2.74. The van der Waals surface area contributed by atoms with E-state index in [9.17, 15) is 9.18 Å². The molecule has 0 bridgehead atoms. The lowest BCUT2D eigenvalue weighted by Gasteiger charge is -1.96. The van der Waals surface area contributed by atoms with Crippen LogP contribution in [0.25, 0.3) is 22.2 Å². The zero-order valence-corrected chi connectivity index (χ0v) is 9.66. The molecule has 0 aliphatic heterocycles. The maximum atomic E-state index is 12.8. The van der Waals surface area contributed by atoms with Crippen LogP contribution in [0.4, 0.5) is 4.39 Å². The van der Waals surface area contributed by atoms with Crippen molar-refractivity contribution in [1.29, 1.82) is 0 Å². The molecule has 4 heteroatoms. The Balaban J connectivity index is 2.22. The van der Waals surface area contributed by atoms with Crippen molar-refractivity contribution in [3.05, 3.63) is 58.4 Å². The van der Waals surface area contributed by atoms with Crippen molar-refractivity contribution < 1.29 is 8.81 Å². The zero-order valence-electron chi connectivity index (χ0n) is 9.66. The second-order valence-electron chi connectivity index (χ2n) is 4.16. The maximum Gasteiger partial charge on any atom is 0.345 e. The fraction of sp³-hybridized carbons (Fsp3) is 0.0714. The lowest BCUT2D eigenvalue weighted by Crippen LogP contribution is -1.97. The fourth-order valence-corrected chi connectivity index (χ4v) is 1.97. The third-order valence-corrected chi connectivity index (χ3v) is 2.82. The minimum Gasteiger partial charge on any atom is -0.428 e. The van der Waals surface area contributed by atoms with Crippen molar-refractivity contribution >= 4 is 10.9 Å². The Bertz CT molecular complexity index is 769. The van der Waals surface area contributed by atoms with Gasteiger partial charge in [-0.05, 0) is 42.8 Å². The quantitative estimate of drug-likeness (QED) is 0.713. The minimum absolute atomic E-state index is 0.287. The van der Waals surface area contributed by atoms with Crippen LogP contribution in [0, 0.1) is 12.7 Å². The highest BCUT2D eigenvalue weighted by Gasteiger charge is 2.08. The first-order valence-electron chi connectivity index (χ1n) is 5.53. The maximum absolute atomic E-state index is 12.8. The van der Waals surface area contributed by atoms with Crippen LogP contribution in [0.15, 0.2) is 45.6 Å². The van der Waals surface area contributed by atoms with Crippen LogP contribution in [0.3, 0.4) is 0 Å². The van der Waals surface area contributed by atoms with Crippen LogP contribution in [0.1, 0.15) is 5.76 Å². The molecule has 3 rings (SSSR count). The van der Waals surface area contributed by atoms with Crippen LogP contribution in [0.2, 0.25) is 0 Å². The van der Waals surface area contributed by atoms with Crippen LogP contribution in [0.5, 0.6) is 0 Å². The number of aromatic amines is 1. The molecule has 2 aromatic heterocycles. The molecule has 0 spiro atoms. The summed E-state index contributed by atoms with van der Waals surface area (Å²) in [7, 11) is 0. The van der Waals surface area contributed by atoms with Gasteiger partial charge in [0.15, 0.2) is 0 Å². The molecule has 0 atom stereocenters.